The fourth-order valence-corrected chi connectivity index (χ4v) is 4.57. The Morgan fingerprint density at radius 3 is 2.86 bits per heavy atom. The molecule has 4 heterocycles. The molecule has 0 aliphatic carbocycles. The molecule has 5 rings (SSSR count). The zero-order valence-electron chi connectivity index (χ0n) is 19.6. The number of benzene rings is 1. The van der Waals surface area contributed by atoms with E-state index >= 15 is 0 Å². The van der Waals surface area contributed by atoms with Crippen LogP contribution in [0, 0.1) is 11.3 Å². The van der Waals surface area contributed by atoms with E-state index in [1.807, 2.05) is 6.07 Å². The number of nitrogens with one attached hydrogen (secondary N) is 1. The molecule has 2 aliphatic heterocycles. The number of amidine groups is 2. The normalized spacial score (nSPS) is 17.3. The van der Waals surface area contributed by atoms with Gasteiger partial charge in [-0.2, -0.15) is 15.8 Å². The average Bonchev–Trinajstić information content (AvgIpc) is 3.57. The smallest absolute Gasteiger partial charge is 0.250 e. The maximum atomic E-state index is 12.1. The highest BCUT2D eigenvalue weighted by Crippen LogP contribution is 2.34. The molecule has 37 heavy (non-hydrogen) atoms. The molecule has 3 aromatic rings. The fourth-order valence-electron chi connectivity index (χ4n) is 4.04. The summed E-state index contributed by atoms with van der Waals surface area (Å²) in [5.41, 5.74) is 14.6. The first-order valence-corrected chi connectivity index (χ1v) is 11.9. The molecule has 0 radical (unpaired) electrons. The van der Waals surface area contributed by atoms with Gasteiger partial charge in [0.25, 0.3) is 0 Å². The van der Waals surface area contributed by atoms with Gasteiger partial charge in [0.15, 0.2) is 11.7 Å². The first-order chi connectivity index (χ1) is 17.9. The largest absolute Gasteiger partial charge is 0.368 e. The Kier molecular flexibility index (Phi) is 6.24. The Hall–Kier alpha value is -4.84. The number of nitriles is 1. The van der Waals surface area contributed by atoms with Gasteiger partial charge in [-0.15, -0.1) is 11.3 Å². The highest BCUT2D eigenvalue weighted by molar-refractivity contribution is 7.07. The molecule has 0 spiro atoms. The van der Waals surface area contributed by atoms with E-state index < -0.39 is 6.17 Å². The number of pyridine rings is 1. The summed E-state index contributed by atoms with van der Waals surface area (Å²) in [5.74, 6) is 12.8. The average molecular weight is 515 g/mol. The second-order valence-electron chi connectivity index (χ2n) is 8.16. The van der Waals surface area contributed by atoms with Crippen molar-refractivity contribution >= 4 is 40.2 Å². The standard InChI is InChI=1S/C23H22N12OS/c1-33-9-15(5-6-18(33)36)19-20(14-4-2-3-13(7-14)8-24)30-23(25)35-22(19)29-17(32-35)10-34(27)21(31-26)16-11-37-12-28-16/h2-7,9,11-12,17,32H,10,26-27H2,1H3,(H2,25,30)/b31-21-. The Bertz CT molecular complexity index is 1580. The van der Waals surface area contributed by atoms with Crippen LogP contribution >= 0.6 is 11.3 Å². The molecule has 0 amide bonds. The monoisotopic (exact) mass is 514 g/mol. The van der Waals surface area contributed by atoms with E-state index in [1.54, 1.807) is 53.4 Å². The summed E-state index contributed by atoms with van der Waals surface area (Å²) in [6.07, 6.45) is 1.16. The number of aliphatic imine (C=N–C) groups is 2. The Balaban J connectivity index is 1.60. The van der Waals surface area contributed by atoms with E-state index in [1.165, 1.54) is 27.0 Å². The number of hydrazine groups is 2. The molecule has 7 N–H and O–H groups in total. The van der Waals surface area contributed by atoms with Gasteiger partial charge >= 0.3 is 0 Å². The number of thiazole rings is 1. The number of guanidine groups is 1. The van der Waals surface area contributed by atoms with Crippen molar-refractivity contribution in [1.82, 2.24) is 25.0 Å². The van der Waals surface area contributed by atoms with Crippen LogP contribution in [0.3, 0.4) is 0 Å². The minimum atomic E-state index is -0.545. The van der Waals surface area contributed by atoms with Crippen molar-refractivity contribution in [3.05, 3.63) is 86.2 Å². The van der Waals surface area contributed by atoms with E-state index in [9.17, 15) is 10.1 Å². The molecule has 13 nitrogen and oxygen atoms in total. The summed E-state index contributed by atoms with van der Waals surface area (Å²) in [7, 11) is 1.66. The first kappa shape index (κ1) is 23.9. The Morgan fingerprint density at radius 1 is 1.32 bits per heavy atom. The van der Waals surface area contributed by atoms with Crippen LogP contribution in [0.4, 0.5) is 0 Å². The van der Waals surface area contributed by atoms with Crippen LogP contribution < -0.4 is 28.4 Å². The maximum absolute atomic E-state index is 12.1. The van der Waals surface area contributed by atoms with Crippen molar-refractivity contribution < 1.29 is 0 Å². The molecule has 14 heteroatoms. The zero-order chi connectivity index (χ0) is 26.1. The number of nitrogens with two attached hydrogens (primary N) is 3. The van der Waals surface area contributed by atoms with Gasteiger partial charge in [-0.25, -0.2) is 25.8 Å². The van der Waals surface area contributed by atoms with E-state index in [0.717, 1.165) is 0 Å². The van der Waals surface area contributed by atoms with Gasteiger partial charge in [0.05, 0.1) is 35.0 Å². The first-order valence-electron chi connectivity index (χ1n) is 11.0. The molecule has 0 fully saturated rings. The van der Waals surface area contributed by atoms with Crippen LogP contribution in [0.2, 0.25) is 0 Å². The second kappa shape index (κ2) is 9.66. The number of aryl methyl sites for hydroxylation is 1. The molecule has 1 unspecified atom stereocenters. The van der Waals surface area contributed by atoms with Crippen LogP contribution in [0.15, 0.2) is 73.4 Å². The summed E-state index contributed by atoms with van der Waals surface area (Å²) < 4.78 is 1.47. The molecule has 0 saturated heterocycles. The van der Waals surface area contributed by atoms with Crippen molar-refractivity contribution in [1.29, 1.82) is 5.26 Å². The van der Waals surface area contributed by atoms with E-state index in [2.05, 4.69) is 26.6 Å². The van der Waals surface area contributed by atoms with Gasteiger partial charge in [0, 0.05) is 35.8 Å². The third kappa shape index (κ3) is 4.45. The molecule has 2 aromatic heterocycles. The van der Waals surface area contributed by atoms with Gasteiger partial charge < -0.3 is 16.1 Å². The van der Waals surface area contributed by atoms with Gasteiger partial charge in [-0.1, -0.05) is 12.1 Å². The molecule has 1 aromatic carbocycles. The third-order valence-corrected chi connectivity index (χ3v) is 6.34. The highest BCUT2D eigenvalue weighted by atomic mass is 32.1. The molecule has 2 aliphatic rings. The van der Waals surface area contributed by atoms with Gasteiger partial charge in [-0.05, 0) is 18.2 Å². The van der Waals surface area contributed by atoms with Crippen molar-refractivity contribution in [2.75, 3.05) is 6.54 Å². The van der Waals surface area contributed by atoms with Crippen molar-refractivity contribution in [2.24, 2.45) is 39.6 Å². The number of hydrogen-bond acceptors (Lipinski definition) is 12. The fraction of sp³-hybridized carbons (Fsp3) is 0.130. The number of fused-ring (bicyclic) bond motifs is 1. The number of hydrogen-bond donors (Lipinski definition) is 4. The lowest BCUT2D eigenvalue weighted by Crippen LogP contribution is -2.53. The maximum Gasteiger partial charge on any atom is 0.250 e. The van der Waals surface area contributed by atoms with Gasteiger partial charge in [0.1, 0.15) is 11.9 Å². The molecule has 186 valence electrons. The van der Waals surface area contributed by atoms with Crippen molar-refractivity contribution in [3.63, 3.8) is 0 Å². The zero-order valence-corrected chi connectivity index (χ0v) is 20.4. The van der Waals surface area contributed by atoms with Crippen molar-refractivity contribution in [3.8, 4) is 6.07 Å². The molecule has 1 atom stereocenters. The lowest BCUT2D eigenvalue weighted by atomic mass is 9.97. The topological polar surface area (TPSA) is 192 Å². The van der Waals surface area contributed by atoms with Gasteiger partial charge in [0.2, 0.25) is 11.5 Å². The van der Waals surface area contributed by atoms with Crippen LogP contribution in [0.25, 0.3) is 11.3 Å². The predicted octanol–water partition coefficient (Wildman–Crippen LogP) is -0.0489. The van der Waals surface area contributed by atoms with E-state index in [4.69, 9.17) is 22.4 Å². The number of nitrogens with zero attached hydrogens (tertiary/aromatic N) is 8. The van der Waals surface area contributed by atoms with Crippen LogP contribution in [0.1, 0.15) is 22.4 Å². The second-order valence-corrected chi connectivity index (χ2v) is 8.88. The van der Waals surface area contributed by atoms with Crippen molar-refractivity contribution in [2.45, 2.75) is 6.17 Å². The number of aromatic nitrogens is 2. The summed E-state index contributed by atoms with van der Waals surface area (Å²) in [4.78, 5) is 25.8. The molecular weight excluding hydrogens is 492 g/mol. The van der Waals surface area contributed by atoms with Crippen LogP contribution in [-0.2, 0) is 7.05 Å². The third-order valence-electron chi connectivity index (χ3n) is 5.75. The van der Waals surface area contributed by atoms with E-state index in [0.29, 0.717) is 45.3 Å². The van der Waals surface area contributed by atoms with E-state index in [-0.39, 0.29) is 18.1 Å². The lowest BCUT2D eigenvalue weighted by Gasteiger charge is -2.28. The molecule has 0 saturated carbocycles. The summed E-state index contributed by atoms with van der Waals surface area (Å²) >= 11 is 1.40. The molecular formula is C23H22N12OS. The van der Waals surface area contributed by atoms with Crippen LogP contribution in [-0.4, -0.2) is 49.9 Å². The highest BCUT2D eigenvalue weighted by Gasteiger charge is 2.36. The minimum absolute atomic E-state index is 0.156. The molecule has 0 bridgehead atoms. The lowest BCUT2D eigenvalue weighted by molar-refractivity contribution is 0.325. The number of rotatable bonds is 5. The summed E-state index contributed by atoms with van der Waals surface area (Å²) in [6.45, 7) is 0.181. The summed E-state index contributed by atoms with van der Waals surface area (Å²) in [5, 5.41) is 17.9. The van der Waals surface area contributed by atoms with Crippen LogP contribution in [0.5, 0.6) is 0 Å². The SMILES string of the molecule is Cn1cc(C2=C(c3cccc(C#N)c3)N=C(N)N3NC(CN(N)/C(=N\N)c4cscn4)N=C23)ccc1=O. The minimum Gasteiger partial charge on any atom is -0.368 e. The Morgan fingerprint density at radius 2 is 2.16 bits per heavy atom. The van der Waals surface area contributed by atoms with Gasteiger partial charge in [-0.3, -0.25) is 9.80 Å². The summed E-state index contributed by atoms with van der Waals surface area (Å²) in [6, 6.07) is 12.4. The Labute approximate surface area is 215 Å². The predicted molar refractivity (Wildman–Crippen MR) is 141 cm³/mol. The quantitative estimate of drug-likeness (QED) is 0.156. The number of hydrazone groups is 1.